The van der Waals surface area contributed by atoms with Gasteiger partial charge >= 0.3 is 0 Å². The van der Waals surface area contributed by atoms with Gasteiger partial charge < -0.3 is 5.11 Å². The molecule has 0 saturated carbocycles. The van der Waals surface area contributed by atoms with Gasteiger partial charge in [0.25, 0.3) is 5.27 Å². The van der Waals surface area contributed by atoms with Crippen molar-refractivity contribution in [1.29, 1.82) is 0 Å². The molecule has 0 amide bonds. The van der Waals surface area contributed by atoms with Crippen molar-refractivity contribution in [3.05, 3.63) is 0 Å². The van der Waals surface area contributed by atoms with E-state index < -0.39 is 5.27 Å². The van der Waals surface area contributed by atoms with Gasteiger partial charge in [-0.15, -0.1) is 0 Å². The van der Waals surface area contributed by atoms with Crippen LogP contribution in [0.4, 0.5) is 4.39 Å². The summed E-state index contributed by atoms with van der Waals surface area (Å²) in [5, 5.41) is 5.45. The van der Waals surface area contributed by atoms with Gasteiger partial charge in [-0.1, -0.05) is 0 Å². The molecule has 0 aromatic rings. The van der Waals surface area contributed by atoms with Crippen LogP contribution in [0.15, 0.2) is 0 Å². The fourth-order valence-electron chi connectivity index (χ4n) is 0. The first kappa shape index (κ1) is 4.37. The standard InChI is InChI=1S/CH2BrFO/c2-1(3)4/h1,4H. The smallest absolute Gasteiger partial charge is 0.252 e. The normalized spacial score (nSPS) is 15.8. The summed E-state index contributed by atoms with van der Waals surface area (Å²) in [7, 11) is 0. The highest BCUT2D eigenvalue weighted by Crippen LogP contribution is 1.89. The van der Waals surface area contributed by atoms with Gasteiger partial charge in [-0.05, 0) is 15.9 Å². The van der Waals surface area contributed by atoms with Gasteiger partial charge in [0.1, 0.15) is 0 Å². The lowest BCUT2D eigenvalue weighted by molar-refractivity contribution is 0.136. The van der Waals surface area contributed by atoms with Crippen molar-refractivity contribution in [3.63, 3.8) is 0 Å². The lowest BCUT2D eigenvalue weighted by Crippen LogP contribution is -1.74. The fourth-order valence-corrected chi connectivity index (χ4v) is 0. The zero-order valence-corrected chi connectivity index (χ0v) is 3.37. The summed E-state index contributed by atoms with van der Waals surface area (Å²) in [5.41, 5.74) is 0. The molecule has 0 heterocycles. The predicted molar refractivity (Wildman–Crippen MR) is 16.0 cm³/mol. The Morgan fingerprint density at radius 2 is 2.00 bits per heavy atom. The van der Waals surface area contributed by atoms with Crippen molar-refractivity contribution in [3.8, 4) is 0 Å². The van der Waals surface area contributed by atoms with E-state index in [1.807, 2.05) is 0 Å². The second kappa shape index (κ2) is 1.67. The molecule has 3 heteroatoms. The van der Waals surface area contributed by atoms with Gasteiger partial charge in [0.15, 0.2) is 0 Å². The quantitative estimate of drug-likeness (QED) is 0.475. The topological polar surface area (TPSA) is 20.2 Å². The Kier molecular flexibility index (Phi) is 1.82. The Morgan fingerprint density at radius 1 is 2.00 bits per heavy atom. The maximum atomic E-state index is 10.5. The zero-order chi connectivity index (χ0) is 3.58. The van der Waals surface area contributed by atoms with Crippen LogP contribution in [0.3, 0.4) is 0 Å². The zero-order valence-electron chi connectivity index (χ0n) is 1.78. The first-order chi connectivity index (χ1) is 1.73. The minimum absolute atomic E-state index is 1.85. The van der Waals surface area contributed by atoms with E-state index in [9.17, 15) is 4.39 Å². The van der Waals surface area contributed by atoms with Crippen molar-refractivity contribution in [2.45, 2.75) is 5.27 Å². The summed E-state index contributed by atoms with van der Waals surface area (Å²) >= 11 is 2.16. The number of aliphatic hydroxyl groups excluding tert-OH is 1. The molecule has 0 radical (unpaired) electrons. The van der Waals surface area contributed by atoms with E-state index in [4.69, 9.17) is 5.11 Å². The summed E-state index contributed by atoms with van der Waals surface area (Å²) in [6.45, 7) is 0. The second-order valence-corrected chi connectivity index (χ2v) is 1.03. The van der Waals surface area contributed by atoms with Crippen molar-refractivity contribution in [2.75, 3.05) is 0 Å². The van der Waals surface area contributed by atoms with Crippen molar-refractivity contribution in [2.24, 2.45) is 0 Å². The highest BCUT2D eigenvalue weighted by molar-refractivity contribution is 9.09. The van der Waals surface area contributed by atoms with Crippen LogP contribution in [0, 0.1) is 0 Å². The number of rotatable bonds is 0. The van der Waals surface area contributed by atoms with Crippen LogP contribution in [0.5, 0.6) is 0 Å². The molecule has 1 N–H and O–H groups in total. The molecule has 0 rings (SSSR count). The SMILES string of the molecule is OC(F)Br. The molecule has 0 aromatic carbocycles. The van der Waals surface area contributed by atoms with Gasteiger partial charge in [-0.2, -0.15) is 0 Å². The Balaban J connectivity index is 2.32. The summed E-state index contributed by atoms with van der Waals surface area (Å²) in [4.78, 5) is 0. The van der Waals surface area contributed by atoms with Crippen LogP contribution in [0.2, 0.25) is 0 Å². The molecule has 26 valence electrons. The van der Waals surface area contributed by atoms with Crippen LogP contribution >= 0.6 is 15.9 Å². The molecule has 0 saturated heterocycles. The molecule has 0 fully saturated rings. The first-order valence-corrected chi connectivity index (χ1v) is 1.61. The van der Waals surface area contributed by atoms with Gasteiger partial charge in [0.2, 0.25) is 0 Å². The Labute approximate surface area is 31.6 Å². The molecule has 0 spiro atoms. The van der Waals surface area contributed by atoms with Crippen molar-refractivity contribution in [1.82, 2.24) is 0 Å². The molecule has 0 aliphatic rings. The third-order valence-corrected chi connectivity index (χ3v) is 0. The maximum Gasteiger partial charge on any atom is 0.252 e. The largest absolute Gasteiger partial charge is 0.356 e. The minimum Gasteiger partial charge on any atom is -0.356 e. The highest BCUT2D eigenvalue weighted by atomic mass is 79.9. The average Bonchev–Trinajstić information content (AvgIpc) is 0.811. The Bertz CT molecular complexity index is 12.8. The number of halogens is 2. The molecular formula is CH2BrFO. The van der Waals surface area contributed by atoms with Crippen LogP contribution in [-0.4, -0.2) is 10.4 Å². The number of alkyl halides is 2. The number of aliphatic hydroxyl groups is 1. The maximum absolute atomic E-state index is 10.5. The number of hydrogen-bond acceptors (Lipinski definition) is 1. The van der Waals surface area contributed by atoms with Crippen LogP contribution in [0.25, 0.3) is 0 Å². The third kappa shape index (κ3) is 32.5. The lowest BCUT2D eigenvalue weighted by atomic mass is 11.6. The molecule has 1 atom stereocenters. The van der Waals surface area contributed by atoms with Gasteiger partial charge in [0.05, 0.1) is 0 Å². The Morgan fingerprint density at radius 3 is 2.00 bits per heavy atom. The van der Waals surface area contributed by atoms with Gasteiger partial charge in [-0.3, -0.25) is 0 Å². The molecule has 1 nitrogen and oxygen atoms in total. The van der Waals surface area contributed by atoms with Crippen molar-refractivity contribution >= 4 is 15.9 Å². The molecule has 0 bridgehead atoms. The second-order valence-electron chi connectivity index (χ2n) is 0.278. The predicted octanol–water partition coefficient (Wildman–Crippen LogP) is 0.627. The van der Waals surface area contributed by atoms with Crippen LogP contribution in [-0.2, 0) is 0 Å². The summed E-state index contributed by atoms with van der Waals surface area (Å²) in [5.74, 6) is 0. The summed E-state index contributed by atoms with van der Waals surface area (Å²) in [6, 6.07) is 0. The van der Waals surface area contributed by atoms with E-state index in [-0.39, 0.29) is 0 Å². The van der Waals surface area contributed by atoms with Gasteiger partial charge in [0, 0.05) is 0 Å². The average molecular weight is 129 g/mol. The molecule has 1 unspecified atom stereocenters. The fraction of sp³-hybridized carbons (Fsp3) is 1.00. The van der Waals surface area contributed by atoms with E-state index in [2.05, 4.69) is 15.9 Å². The molecule has 0 aliphatic heterocycles. The van der Waals surface area contributed by atoms with E-state index in [0.717, 1.165) is 0 Å². The van der Waals surface area contributed by atoms with E-state index >= 15 is 0 Å². The first-order valence-electron chi connectivity index (χ1n) is 0.695. The van der Waals surface area contributed by atoms with Crippen LogP contribution in [0.1, 0.15) is 0 Å². The Hall–Kier alpha value is 0.370. The van der Waals surface area contributed by atoms with E-state index in [1.54, 1.807) is 0 Å². The van der Waals surface area contributed by atoms with Crippen molar-refractivity contribution < 1.29 is 9.50 Å². The number of hydrogen-bond donors (Lipinski definition) is 1. The molecular weight excluding hydrogens is 127 g/mol. The molecule has 0 aliphatic carbocycles. The summed E-state index contributed by atoms with van der Waals surface area (Å²) in [6.07, 6.45) is 0. The molecule has 4 heavy (non-hydrogen) atoms. The monoisotopic (exact) mass is 128 g/mol. The van der Waals surface area contributed by atoms with Gasteiger partial charge in [-0.25, -0.2) is 4.39 Å². The van der Waals surface area contributed by atoms with E-state index in [1.165, 1.54) is 0 Å². The molecule has 0 aromatic heterocycles. The third-order valence-electron chi connectivity index (χ3n) is 0. The van der Waals surface area contributed by atoms with Crippen LogP contribution < -0.4 is 0 Å². The summed E-state index contributed by atoms with van der Waals surface area (Å²) < 4.78 is 10.5. The highest BCUT2D eigenvalue weighted by Gasteiger charge is 1.78. The minimum atomic E-state index is -1.85. The lowest BCUT2D eigenvalue weighted by Gasteiger charge is -1.72. The van der Waals surface area contributed by atoms with E-state index in [0.29, 0.717) is 0 Å².